The fourth-order valence-corrected chi connectivity index (χ4v) is 3.00. The van der Waals surface area contributed by atoms with Crippen molar-refractivity contribution >= 4 is 5.97 Å². The van der Waals surface area contributed by atoms with Crippen LogP contribution >= 0.6 is 0 Å². The predicted octanol–water partition coefficient (Wildman–Crippen LogP) is 2.43. The summed E-state index contributed by atoms with van der Waals surface area (Å²) in [5.74, 6) is -0.595. The summed E-state index contributed by atoms with van der Waals surface area (Å²) in [5, 5.41) is 8.86. The van der Waals surface area contributed by atoms with E-state index >= 15 is 0 Å². The number of carbonyl (C=O) groups is 1. The van der Waals surface area contributed by atoms with E-state index in [-0.39, 0.29) is 5.92 Å². The van der Waals surface area contributed by atoms with E-state index in [1.807, 2.05) is 0 Å². The first kappa shape index (κ1) is 8.09. The second kappa shape index (κ2) is 2.75. The summed E-state index contributed by atoms with van der Waals surface area (Å²) in [6.07, 6.45) is 8.29. The second-order valence-electron chi connectivity index (χ2n) is 4.49. The van der Waals surface area contributed by atoms with Crippen molar-refractivity contribution in [3.8, 4) is 0 Å². The van der Waals surface area contributed by atoms with Gasteiger partial charge in [-0.2, -0.15) is 0 Å². The largest absolute Gasteiger partial charge is 0.481 e. The monoisotopic (exact) mass is 168 g/mol. The Kier molecular flexibility index (Phi) is 1.85. The van der Waals surface area contributed by atoms with Gasteiger partial charge in [0.15, 0.2) is 0 Å². The fourth-order valence-electron chi connectivity index (χ4n) is 3.00. The van der Waals surface area contributed by atoms with E-state index in [0.717, 1.165) is 12.8 Å². The van der Waals surface area contributed by atoms with E-state index in [2.05, 4.69) is 0 Å². The first-order chi connectivity index (χ1) is 5.72. The summed E-state index contributed by atoms with van der Waals surface area (Å²) in [4.78, 5) is 10.7. The summed E-state index contributed by atoms with van der Waals surface area (Å²) >= 11 is 0. The highest BCUT2D eigenvalue weighted by Crippen LogP contribution is 2.52. The van der Waals surface area contributed by atoms with E-state index in [0.29, 0.717) is 5.41 Å². The normalized spacial score (nSPS) is 32.8. The van der Waals surface area contributed by atoms with Gasteiger partial charge < -0.3 is 5.11 Å². The maximum atomic E-state index is 10.7. The molecule has 0 aromatic carbocycles. The SMILES string of the molecule is O=C(O)C1CCC2(CCCC2)C1. The van der Waals surface area contributed by atoms with Crippen molar-refractivity contribution < 1.29 is 9.90 Å². The minimum atomic E-state index is -0.571. The van der Waals surface area contributed by atoms with Gasteiger partial charge in [0, 0.05) is 0 Å². The lowest BCUT2D eigenvalue weighted by Gasteiger charge is -2.21. The molecular formula is C10H16O2. The van der Waals surface area contributed by atoms with Crippen molar-refractivity contribution in [2.24, 2.45) is 11.3 Å². The van der Waals surface area contributed by atoms with Crippen LogP contribution in [0, 0.1) is 11.3 Å². The van der Waals surface area contributed by atoms with Gasteiger partial charge in [-0.1, -0.05) is 12.8 Å². The number of carboxylic acid groups (broad SMARTS) is 1. The molecule has 0 bridgehead atoms. The van der Waals surface area contributed by atoms with Crippen molar-refractivity contribution in [1.29, 1.82) is 0 Å². The molecule has 2 aliphatic carbocycles. The minimum absolute atomic E-state index is 0.0249. The molecule has 2 saturated carbocycles. The Hall–Kier alpha value is -0.530. The molecule has 1 spiro atoms. The topological polar surface area (TPSA) is 37.3 Å². The molecule has 2 aliphatic rings. The molecule has 0 aromatic rings. The van der Waals surface area contributed by atoms with Gasteiger partial charge in [0.2, 0.25) is 0 Å². The summed E-state index contributed by atoms with van der Waals surface area (Å²) in [6, 6.07) is 0. The average Bonchev–Trinajstić information content (AvgIpc) is 2.62. The number of aliphatic carboxylic acids is 1. The van der Waals surface area contributed by atoms with Crippen LogP contribution in [-0.4, -0.2) is 11.1 Å². The van der Waals surface area contributed by atoms with E-state index in [9.17, 15) is 4.79 Å². The molecule has 1 atom stereocenters. The fraction of sp³-hybridized carbons (Fsp3) is 0.900. The van der Waals surface area contributed by atoms with E-state index in [1.165, 1.54) is 32.1 Å². The highest BCUT2D eigenvalue weighted by Gasteiger charge is 2.43. The van der Waals surface area contributed by atoms with E-state index in [4.69, 9.17) is 5.11 Å². The number of hydrogen-bond donors (Lipinski definition) is 1. The highest BCUT2D eigenvalue weighted by molar-refractivity contribution is 5.70. The van der Waals surface area contributed by atoms with Crippen LogP contribution in [0.1, 0.15) is 44.9 Å². The van der Waals surface area contributed by atoms with Crippen molar-refractivity contribution in [1.82, 2.24) is 0 Å². The molecule has 2 nitrogen and oxygen atoms in total. The maximum Gasteiger partial charge on any atom is 0.306 e. The Morgan fingerprint density at radius 3 is 2.42 bits per heavy atom. The van der Waals surface area contributed by atoms with Crippen LogP contribution in [0.5, 0.6) is 0 Å². The smallest absolute Gasteiger partial charge is 0.306 e. The number of hydrogen-bond acceptors (Lipinski definition) is 1. The van der Waals surface area contributed by atoms with Gasteiger partial charge >= 0.3 is 5.97 Å². The molecule has 0 heterocycles. The Labute approximate surface area is 73.0 Å². The first-order valence-electron chi connectivity index (χ1n) is 4.95. The lowest BCUT2D eigenvalue weighted by molar-refractivity contribution is -0.141. The van der Waals surface area contributed by atoms with Crippen molar-refractivity contribution in [2.75, 3.05) is 0 Å². The molecular weight excluding hydrogens is 152 g/mol. The molecule has 0 radical (unpaired) electrons. The molecule has 2 rings (SSSR count). The Morgan fingerprint density at radius 1 is 1.25 bits per heavy atom. The third kappa shape index (κ3) is 1.23. The Balaban J connectivity index is 2.01. The van der Waals surface area contributed by atoms with Gasteiger partial charge in [-0.05, 0) is 37.5 Å². The second-order valence-corrected chi connectivity index (χ2v) is 4.49. The zero-order chi connectivity index (χ0) is 8.60. The van der Waals surface area contributed by atoms with Crippen molar-refractivity contribution in [3.05, 3.63) is 0 Å². The molecule has 1 N–H and O–H groups in total. The van der Waals surface area contributed by atoms with Crippen molar-refractivity contribution in [3.63, 3.8) is 0 Å². The summed E-state index contributed by atoms with van der Waals surface area (Å²) in [6.45, 7) is 0. The lowest BCUT2D eigenvalue weighted by atomic mass is 9.84. The zero-order valence-corrected chi connectivity index (χ0v) is 7.38. The van der Waals surface area contributed by atoms with Crippen molar-refractivity contribution in [2.45, 2.75) is 44.9 Å². The predicted molar refractivity (Wildman–Crippen MR) is 45.9 cm³/mol. The Bertz CT molecular complexity index is 192. The van der Waals surface area contributed by atoms with Crippen LogP contribution in [-0.2, 0) is 4.79 Å². The van der Waals surface area contributed by atoms with Crippen LogP contribution in [0.4, 0.5) is 0 Å². The van der Waals surface area contributed by atoms with Gasteiger partial charge in [0.1, 0.15) is 0 Å². The Morgan fingerprint density at radius 2 is 1.92 bits per heavy atom. The van der Waals surface area contributed by atoms with Gasteiger partial charge in [0.25, 0.3) is 0 Å². The van der Waals surface area contributed by atoms with Crippen LogP contribution in [0.25, 0.3) is 0 Å². The standard InChI is InChI=1S/C10H16O2/c11-9(12)8-3-6-10(7-8)4-1-2-5-10/h8H,1-7H2,(H,11,12). The molecule has 12 heavy (non-hydrogen) atoms. The van der Waals surface area contributed by atoms with Gasteiger partial charge in [-0.25, -0.2) is 0 Å². The van der Waals surface area contributed by atoms with Crippen LogP contribution in [0.2, 0.25) is 0 Å². The summed E-state index contributed by atoms with van der Waals surface area (Å²) in [7, 11) is 0. The third-order valence-electron chi connectivity index (χ3n) is 3.72. The minimum Gasteiger partial charge on any atom is -0.481 e. The zero-order valence-electron chi connectivity index (χ0n) is 7.38. The number of carboxylic acids is 1. The van der Waals surface area contributed by atoms with Crippen LogP contribution in [0.15, 0.2) is 0 Å². The van der Waals surface area contributed by atoms with Gasteiger partial charge in [-0.3, -0.25) is 4.79 Å². The first-order valence-corrected chi connectivity index (χ1v) is 4.95. The van der Waals surface area contributed by atoms with E-state index < -0.39 is 5.97 Å². The lowest BCUT2D eigenvalue weighted by Crippen LogP contribution is -2.15. The molecule has 0 saturated heterocycles. The van der Waals surface area contributed by atoms with Gasteiger partial charge in [-0.15, -0.1) is 0 Å². The molecule has 0 amide bonds. The average molecular weight is 168 g/mol. The molecule has 0 aliphatic heterocycles. The summed E-state index contributed by atoms with van der Waals surface area (Å²) < 4.78 is 0. The maximum absolute atomic E-state index is 10.7. The van der Waals surface area contributed by atoms with Crippen LogP contribution in [0.3, 0.4) is 0 Å². The third-order valence-corrected chi connectivity index (χ3v) is 3.72. The van der Waals surface area contributed by atoms with Crippen LogP contribution < -0.4 is 0 Å². The number of rotatable bonds is 1. The quantitative estimate of drug-likeness (QED) is 0.653. The summed E-state index contributed by atoms with van der Waals surface area (Å²) in [5.41, 5.74) is 0.461. The molecule has 2 fully saturated rings. The van der Waals surface area contributed by atoms with Gasteiger partial charge in [0.05, 0.1) is 5.92 Å². The highest BCUT2D eigenvalue weighted by atomic mass is 16.4. The molecule has 68 valence electrons. The molecule has 0 aromatic heterocycles. The molecule has 1 unspecified atom stereocenters. The van der Waals surface area contributed by atoms with E-state index in [1.54, 1.807) is 0 Å². The molecule has 2 heteroatoms.